The lowest BCUT2D eigenvalue weighted by molar-refractivity contribution is 0.449. The van der Waals surface area contributed by atoms with Gasteiger partial charge >= 0.3 is 0 Å². The summed E-state index contributed by atoms with van der Waals surface area (Å²) in [7, 11) is 0. The summed E-state index contributed by atoms with van der Waals surface area (Å²) < 4.78 is 0. The molecule has 160 valence electrons. The van der Waals surface area contributed by atoms with Crippen LogP contribution >= 0.6 is 11.8 Å². The summed E-state index contributed by atoms with van der Waals surface area (Å²) in [5.74, 6) is 0.733. The Balaban J connectivity index is 2.64. The molecule has 0 saturated carbocycles. The highest BCUT2D eigenvalue weighted by Crippen LogP contribution is 2.46. The fourth-order valence-corrected chi connectivity index (χ4v) is 5.13. The van der Waals surface area contributed by atoms with E-state index in [9.17, 15) is 10.2 Å². The maximum Gasteiger partial charge on any atom is 0.133 e. The number of rotatable bonds is 11. The smallest absolute Gasteiger partial charge is 0.133 e. The zero-order valence-electron chi connectivity index (χ0n) is 18.9. The summed E-state index contributed by atoms with van der Waals surface area (Å²) in [6.07, 6.45) is 9.67. The van der Waals surface area contributed by atoms with Crippen LogP contribution in [0, 0.1) is 13.8 Å². The van der Waals surface area contributed by atoms with Crippen LogP contribution in [0.25, 0.3) is 0 Å². The second kappa shape index (κ2) is 11.5. The number of phenolic OH excluding ortho intramolecular Hbond substituents is 2. The highest BCUT2D eigenvalue weighted by atomic mass is 32.2. The number of hydrogen-bond donors (Lipinski definition) is 2. The summed E-state index contributed by atoms with van der Waals surface area (Å²) in [5, 5.41) is 21.8. The van der Waals surface area contributed by atoms with Gasteiger partial charge in [0, 0.05) is 0 Å². The average Bonchev–Trinajstić information content (AvgIpc) is 2.70. The summed E-state index contributed by atoms with van der Waals surface area (Å²) >= 11 is 1.53. The normalized spacial score (nSPS) is 11.2. The average molecular weight is 415 g/mol. The summed E-state index contributed by atoms with van der Waals surface area (Å²) in [6.45, 7) is 10.9. The standard InChI is InChI=1S/C26H38O2S/c1-6-9-12-20-19(5)21(13-10-7-2)26(25(28)22(20)14-11-8-3)29-24-17-18(4)15-16-23(24)27/h15-17,27-28H,6-14H2,1-5H3. The molecule has 2 rings (SSSR count). The summed E-state index contributed by atoms with van der Waals surface area (Å²) in [5.41, 5.74) is 6.23. The Morgan fingerprint density at radius 3 is 1.90 bits per heavy atom. The van der Waals surface area contributed by atoms with Crippen molar-refractivity contribution < 1.29 is 10.2 Å². The van der Waals surface area contributed by atoms with Crippen LogP contribution in [0.3, 0.4) is 0 Å². The van der Waals surface area contributed by atoms with Gasteiger partial charge in [-0.1, -0.05) is 57.9 Å². The van der Waals surface area contributed by atoms with Gasteiger partial charge in [0.2, 0.25) is 0 Å². The van der Waals surface area contributed by atoms with Crippen molar-refractivity contribution in [2.75, 3.05) is 0 Å². The predicted octanol–water partition coefficient (Wildman–Crippen LogP) is 7.89. The van der Waals surface area contributed by atoms with Gasteiger partial charge in [-0.25, -0.2) is 0 Å². The number of hydrogen-bond acceptors (Lipinski definition) is 3. The maximum atomic E-state index is 11.4. The van der Waals surface area contributed by atoms with E-state index in [1.165, 1.54) is 28.5 Å². The van der Waals surface area contributed by atoms with Gasteiger partial charge in [0.25, 0.3) is 0 Å². The molecule has 0 fully saturated rings. The van der Waals surface area contributed by atoms with Gasteiger partial charge in [0.15, 0.2) is 0 Å². The molecule has 2 nitrogen and oxygen atoms in total. The van der Waals surface area contributed by atoms with E-state index in [2.05, 4.69) is 27.7 Å². The molecule has 29 heavy (non-hydrogen) atoms. The molecule has 0 spiro atoms. The molecule has 0 amide bonds. The first-order chi connectivity index (χ1) is 13.9. The first-order valence-electron chi connectivity index (χ1n) is 11.3. The van der Waals surface area contributed by atoms with Crippen molar-refractivity contribution in [2.45, 2.75) is 102 Å². The molecule has 2 aromatic rings. The van der Waals surface area contributed by atoms with Gasteiger partial charge in [-0.15, -0.1) is 0 Å². The maximum absolute atomic E-state index is 11.4. The van der Waals surface area contributed by atoms with E-state index in [0.29, 0.717) is 5.75 Å². The second-order valence-corrected chi connectivity index (χ2v) is 9.17. The molecule has 0 aliphatic carbocycles. The van der Waals surface area contributed by atoms with Crippen molar-refractivity contribution in [3.63, 3.8) is 0 Å². The Morgan fingerprint density at radius 1 is 0.759 bits per heavy atom. The Labute approximate surface area is 181 Å². The van der Waals surface area contributed by atoms with E-state index in [1.54, 1.807) is 6.07 Å². The minimum absolute atomic E-state index is 0.282. The van der Waals surface area contributed by atoms with E-state index in [-0.39, 0.29) is 5.75 Å². The van der Waals surface area contributed by atoms with Crippen LogP contribution in [-0.4, -0.2) is 10.2 Å². The van der Waals surface area contributed by atoms with Crippen LogP contribution in [0.4, 0.5) is 0 Å². The third-order valence-electron chi connectivity index (χ3n) is 5.71. The van der Waals surface area contributed by atoms with Gasteiger partial charge in [-0.3, -0.25) is 0 Å². The summed E-state index contributed by atoms with van der Waals surface area (Å²) in [6, 6.07) is 5.68. The number of unbranched alkanes of at least 4 members (excludes halogenated alkanes) is 3. The molecule has 0 heterocycles. The minimum atomic E-state index is 0.282. The quantitative estimate of drug-likeness (QED) is 0.392. The Morgan fingerprint density at radius 2 is 1.31 bits per heavy atom. The van der Waals surface area contributed by atoms with Gasteiger partial charge in [-0.05, 0) is 92.3 Å². The fourth-order valence-electron chi connectivity index (χ4n) is 3.89. The van der Waals surface area contributed by atoms with Crippen molar-refractivity contribution in [1.29, 1.82) is 0 Å². The predicted molar refractivity (Wildman–Crippen MR) is 126 cm³/mol. The lowest BCUT2D eigenvalue weighted by Crippen LogP contribution is -2.06. The van der Waals surface area contributed by atoms with E-state index in [4.69, 9.17) is 0 Å². The molecule has 0 bridgehead atoms. The Bertz CT molecular complexity index is 811. The van der Waals surface area contributed by atoms with E-state index in [1.807, 2.05) is 19.1 Å². The van der Waals surface area contributed by atoms with Gasteiger partial charge in [0.1, 0.15) is 11.5 Å². The number of phenols is 2. The highest BCUT2D eigenvalue weighted by Gasteiger charge is 2.22. The van der Waals surface area contributed by atoms with E-state index >= 15 is 0 Å². The highest BCUT2D eigenvalue weighted by molar-refractivity contribution is 7.99. The third kappa shape index (κ3) is 5.94. The number of aryl methyl sites for hydroxylation is 1. The molecule has 0 radical (unpaired) electrons. The first-order valence-corrected chi connectivity index (χ1v) is 12.1. The Kier molecular flexibility index (Phi) is 9.42. The zero-order chi connectivity index (χ0) is 21.4. The summed E-state index contributed by atoms with van der Waals surface area (Å²) in [4.78, 5) is 1.77. The van der Waals surface area contributed by atoms with Gasteiger partial charge in [0.05, 0.1) is 9.79 Å². The van der Waals surface area contributed by atoms with Crippen LogP contribution in [0.5, 0.6) is 11.5 Å². The van der Waals surface area contributed by atoms with Crippen molar-refractivity contribution in [1.82, 2.24) is 0 Å². The lowest BCUT2D eigenvalue weighted by Gasteiger charge is -2.23. The molecule has 0 aliphatic heterocycles. The van der Waals surface area contributed by atoms with Crippen molar-refractivity contribution in [2.24, 2.45) is 0 Å². The van der Waals surface area contributed by atoms with Gasteiger partial charge < -0.3 is 10.2 Å². The van der Waals surface area contributed by atoms with E-state index < -0.39 is 0 Å². The van der Waals surface area contributed by atoms with E-state index in [0.717, 1.165) is 78.7 Å². The van der Waals surface area contributed by atoms with Crippen LogP contribution in [0.2, 0.25) is 0 Å². The topological polar surface area (TPSA) is 40.5 Å². The fraction of sp³-hybridized carbons (Fsp3) is 0.538. The number of benzene rings is 2. The molecular weight excluding hydrogens is 376 g/mol. The monoisotopic (exact) mass is 414 g/mol. The largest absolute Gasteiger partial charge is 0.507 e. The van der Waals surface area contributed by atoms with Crippen LogP contribution in [0.1, 0.15) is 87.1 Å². The van der Waals surface area contributed by atoms with Crippen LogP contribution in [0.15, 0.2) is 28.0 Å². The first kappa shape index (κ1) is 23.7. The molecule has 3 heteroatoms. The molecule has 0 aliphatic rings. The molecular formula is C26H38O2S. The van der Waals surface area contributed by atoms with Gasteiger partial charge in [-0.2, -0.15) is 0 Å². The molecule has 0 saturated heterocycles. The molecule has 0 aromatic heterocycles. The Hall–Kier alpha value is -1.61. The molecule has 2 N–H and O–H groups in total. The lowest BCUT2D eigenvalue weighted by atomic mass is 9.88. The SMILES string of the molecule is CCCCc1c(C)c(CCCC)c(Sc2cc(C)ccc2O)c(O)c1CCCC. The minimum Gasteiger partial charge on any atom is -0.507 e. The van der Waals surface area contributed by atoms with Crippen molar-refractivity contribution in [3.05, 3.63) is 46.0 Å². The zero-order valence-corrected chi connectivity index (χ0v) is 19.7. The molecule has 0 unspecified atom stereocenters. The van der Waals surface area contributed by atoms with Crippen LogP contribution in [-0.2, 0) is 19.3 Å². The number of aromatic hydroxyl groups is 2. The molecule has 2 aromatic carbocycles. The third-order valence-corrected chi connectivity index (χ3v) is 6.90. The van der Waals surface area contributed by atoms with Crippen molar-refractivity contribution >= 4 is 11.8 Å². The molecule has 0 atom stereocenters. The second-order valence-electron chi connectivity index (χ2n) is 8.12. The van der Waals surface area contributed by atoms with Crippen LogP contribution < -0.4 is 0 Å². The van der Waals surface area contributed by atoms with Crippen molar-refractivity contribution in [3.8, 4) is 11.5 Å².